The van der Waals surface area contributed by atoms with Crippen LogP contribution in [-0.2, 0) is 13.5 Å². The van der Waals surface area contributed by atoms with Gasteiger partial charge in [-0.15, -0.1) is 11.3 Å². The third-order valence-electron chi connectivity index (χ3n) is 3.15. The van der Waals surface area contributed by atoms with Crippen LogP contribution >= 0.6 is 33.9 Å². The fourth-order valence-corrected chi connectivity index (χ4v) is 4.05. The van der Waals surface area contributed by atoms with Gasteiger partial charge in [0.25, 0.3) is 11.8 Å². The molecule has 2 heterocycles. The molecule has 0 fully saturated rings. The first-order valence-electron chi connectivity index (χ1n) is 6.27. The number of thiophene rings is 1. The number of anilines is 1. The average molecular weight is 418 g/mol. The van der Waals surface area contributed by atoms with Crippen LogP contribution in [0.2, 0.25) is 0 Å². The first kappa shape index (κ1) is 16.0. The fraction of sp³-hybridized carbons (Fsp3) is 0.308. The van der Waals surface area contributed by atoms with E-state index in [4.69, 9.17) is 5.73 Å². The minimum absolute atomic E-state index is 0.300. The SMILES string of the molecule is CCc1c(C)sc(NC(=O)c2c(I)cnn2C)c1C(N)=O. The number of primary amides is 1. The number of aromatic nitrogens is 2. The van der Waals surface area contributed by atoms with Crippen LogP contribution in [0.15, 0.2) is 6.20 Å². The molecule has 3 N–H and O–H groups in total. The molecule has 0 aliphatic rings. The number of carbonyl (C=O) groups is 2. The summed E-state index contributed by atoms with van der Waals surface area (Å²) in [5.41, 5.74) is 7.21. The maximum atomic E-state index is 12.4. The van der Waals surface area contributed by atoms with E-state index < -0.39 is 5.91 Å². The number of aryl methyl sites for hydroxylation is 2. The summed E-state index contributed by atoms with van der Waals surface area (Å²) in [5, 5.41) is 7.32. The van der Waals surface area contributed by atoms with Crippen molar-refractivity contribution in [1.82, 2.24) is 9.78 Å². The number of rotatable bonds is 4. The van der Waals surface area contributed by atoms with Crippen LogP contribution in [0.4, 0.5) is 5.00 Å². The Labute approximate surface area is 139 Å². The Kier molecular flexibility index (Phi) is 4.67. The van der Waals surface area contributed by atoms with E-state index in [9.17, 15) is 9.59 Å². The number of nitrogens with zero attached hydrogens (tertiary/aromatic N) is 2. The fourth-order valence-electron chi connectivity index (χ4n) is 2.18. The van der Waals surface area contributed by atoms with Gasteiger partial charge in [-0.25, -0.2) is 0 Å². The minimum atomic E-state index is -0.522. The van der Waals surface area contributed by atoms with Crippen molar-refractivity contribution in [2.24, 2.45) is 12.8 Å². The lowest BCUT2D eigenvalue weighted by Gasteiger charge is -2.06. The van der Waals surface area contributed by atoms with Gasteiger partial charge < -0.3 is 11.1 Å². The molecule has 112 valence electrons. The lowest BCUT2D eigenvalue weighted by Crippen LogP contribution is -2.20. The molecule has 0 aliphatic heterocycles. The van der Waals surface area contributed by atoms with Crippen molar-refractivity contribution in [1.29, 1.82) is 0 Å². The molecular weight excluding hydrogens is 403 g/mol. The highest BCUT2D eigenvalue weighted by molar-refractivity contribution is 14.1. The number of hydrogen-bond acceptors (Lipinski definition) is 4. The van der Waals surface area contributed by atoms with Gasteiger partial charge in [-0.1, -0.05) is 6.92 Å². The number of amides is 2. The monoisotopic (exact) mass is 418 g/mol. The molecule has 8 heteroatoms. The molecule has 0 bridgehead atoms. The van der Waals surface area contributed by atoms with Gasteiger partial charge in [0.1, 0.15) is 10.7 Å². The Morgan fingerprint density at radius 1 is 1.52 bits per heavy atom. The zero-order valence-corrected chi connectivity index (χ0v) is 14.8. The van der Waals surface area contributed by atoms with Gasteiger partial charge in [0.05, 0.1) is 15.3 Å². The smallest absolute Gasteiger partial charge is 0.275 e. The second-order valence-electron chi connectivity index (χ2n) is 4.48. The van der Waals surface area contributed by atoms with Crippen molar-refractivity contribution in [2.45, 2.75) is 20.3 Å². The predicted octanol–water partition coefficient (Wildman–Crippen LogP) is 2.31. The molecule has 2 amide bonds. The highest BCUT2D eigenvalue weighted by atomic mass is 127. The van der Waals surface area contributed by atoms with E-state index in [2.05, 4.69) is 10.4 Å². The summed E-state index contributed by atoms with van der Waals surface area (Å²) in [6, 6.07) is 0. The van der Waals surface area contributed by atoms with E-state index in [1.807, 2.05) is 36.4 Å². The molecule has 0 aromatic carbocycles. The summed E-state index contributed by atoms with van der Waals surface area (Å²) in [6.45, 7) is 3.87. The summed E-state index contributed by atoms with van der Waals surface area (Å²) in [6.07, 6.45) is 2.31. The standard InChI is InChI=1S/C13H15IN4O2S/c1-4-7-6(2)21-13(9(7)11(15)19)17-12(20)10-8(14)5-16-18(10)3/h5H,4H2,1-3H3,(H2,15,19)(H,17,20). The van der Waals surface area contributed by atoms with E-state index in [1.165, 1.54) is 16.0 Å². The minimum Gasteiger partial charge on any atom is -0.365 e. The number of hydrogen-bond donors (Lipinski definition) is 2. The van der Waals surface area contributed by atoms with E-state index in [1.54, 1.807) is 13.2 Å². The average Bonchev–Trinajstić information content (AvgIpc) is 2.89. The van der Waals surface area contributed by atoms with E-state index in [-0.39, 0.29) is 5.91 Å². The van der Waals surface area contributed by atoms with Gasteiger partial charge in [0.15, 0.2) is 0 Å². The van der Waals surface area contributed by atoms with Crippen molar-refractivity contribution in [3.8, 4) is 0 Å². The highest BCUT2D eigenvalue weighted by Crippen LogP contribution is 2.33. The molecule has 0 saturated heterocycles. The molecule has 6 nitrogen and oxygen atoms in total. The Morgan fingerprint density at radius 3 is 2.67 bits per heavy atom. The van der Waals surface area contributed by atoms with Gasteiger partial charge in [-0.3, -0.25) is 14.3 Å². The predicted molar refractivity (Wildman–Crippen MR) is 90.8 cm³/mol. The van der Waals surface area contributed by atoms with Crippen LogP contribution in [0.1, 0.15) is 38.2 Å². The molecule has 0 radical (unpaired) electrons. The molecule has 0 atom stereocenters. The third kappa shape index (κ3) is 2.95. The Bertz CT molecular complexity index is 701. The maximum absolute atomic E-state index is 12.4. The molecular formula is C13H15IN4O2S. The lowest BCUT2D eigenvalue weighted by molar-refractivity contribution is 0.100. The van der Waals surface area contributed by atoms with Crippen LogP contribution in [0.5, 0.6) is 0 Å². The Morgan fingerprint density at radius 2 is 2.19 bits per heavy atom. The lowest BCUT2D eigenvalue weighted by atomic mass is 10.1. The van der Waals surface area contributed by atoms with Crippen LogP contribution in [-0.4, -0.2) is 21.6 Å². The van der Waals surface area contributed by atoms with E-state index >= 15 is 0 Å². The van der Waals surface area contributed by atoms with Crippen molar-refractivity contribution < 1.29 is 9.59 Å². The quantitative estimate of drug-likeness (QED) is 0.747. The van der Waals surface area contributed by atoms with Crippen LogP contribution in [0, 0.1) is 10.5 Å². The van der Waals surface area contributed by atoms with Gasteiger partial charge >= 0.3 is 0 Å². The first-order valence-corrected chi connectivity index (χ1v) is 8.17. The summed E-state index contributed by atoms with van der Waals surface area (Å²) in [5.74, 6) is -0.822. The Hall–Kier alpha value is -1.42. The molecule has 0 unspecified atom stereocenters. The van der Waals surface area contributed by atoms with Crippen molar-refractivity contribution >= 4 is 50.7 Å². The van der Waals surface area contributed by atoms with Gasteiger partial charge in [-0.05, 0) is 41.5 Å². The van der Waals surface area contributed by atoms with Crippen molar-refractivity contribution in [2.75, 3.05) is 5.32 Å². The first-order chi connectivity index (χ1) is 9.86. The summed E-state index contributed by atoms with van der Waals surface area (Å²) in [7, 11) is 1.70. The Balaban J connectivity index is 2.41. The van der Waals surface area contributed by atoms with Gasteiger partial charge in [0.2, 0.25) is 0 Å². The molecule has 0 spiro atoms. The van der Waals surface area contributed by atoms with Crippen LogP contribution in [0.3, 0.4) is 0 Å². The van der Waals surface area contributed by atoms with Crippen LogP contribution in [0.25, 0.3) is 0 Å². The zero-order chi connectivity index (χ0) is 15.7. The highest BCUT2D eigenvalue weighted by Gasteiger charge is 2.23. The number of nitrogens with two attached hydrogens (primary N) is 1. The molecule has 2 aromatic heterocycles. The topological polar surface area (TPSA) is 90.0 Å². The number of carbonyl (C=O) groups excluding carboxylic acids is 2. The van der Waals surface area contributed by atoms with Crippen molar-refractivity contribution in [3.63, 3.8) is 0 Å². The third-order valence-corrected chi connectivity index (χ3v) is 5.00. The number of nitrogens with one attached hydrogen (secondary N) is 1. The van der Waals surface area contributed by atoms with Crippen molar-refractivity contribution in [3.05, 3.63) is 31.5 Å². The largest absolute Gasteiger partial charge is 0.365 e. The molecule has 2 aromatic rings. The second-order valence-corrected chi connectivity index (χ2v) is 6.86. The maximum Gasteiger partial charge on any atom is 0.275 e. The van der Waals surface area contributed by atoms with E-state index in [0.29, 0.717) is 22.7 Å². The summed E-state index contributed by atoms with van der Waals surface area (Å²) >= 11 is 3.41. The number of halogens is 1. The zero-order valence-electron chi connectivity index (χ0n) is 11.9. The molecule has 21 heavy (non-hydrogen) atoms. The van der Waals surface area contributed by atoms with E-state index in [0.717, 1.165) is 14.0 Å². The normalized spacial score (nSPS) is 10.7. The van der Waals surface area contributed by atoms with Gasteiger partial charge in [0, 0.05) is 11.9 Å². The van der Waals surface area contributed by atoms with Gasteiger partial charge in [-0.2, -0.15) is 5.10 Å². The molecule has 0 aliphatic carbocycles. The second kappa shape index (κ2) is 6.14. The summed E-state index contributed by atoms with van der Waals surface area (Å²) in [4.78, 5) is 25.0. The summed E-state index contributed by atoms with van der Waals surface area (Å²) < 4.78 is 2.25. The van der Waals surface area contributed by atoms with Crippen LogP contribution < -0.4 is 11.1 Å². The molecule has 0 saturated carbocycles. The molecule has 2 rings (SSSR count).